The molecule has 0 amide bonds. The van der Waals surface area contributed by atoms with Crippen molar-refractivity contribution in [1.29, 1.82) is 0 Å². The lowest BCUT2D eigenvalue weighted by molar-refractivity contribution is 0.517. The van der Waals surface area contributed by atoms with E-state index >= 15 is 0 Å². The van der Waals surface area contributed by atoms with Crippen molar-refractivity contribution in [3.8, 4) is 0 Å². The molecule has 0 spiro atoms. The molecule has 0 bridgehead atoms. The molecule has 0 unspecified atom stereocenters. The van der Waals surface area contributed by atoms with Crippen LogP contribution in [0.4, 0.5) is 11.9 Å². The highest BCUT2D eigenvalue weighted by molar-refractivity contribution is 6.28. The summed E-state index contributed by atoms with van der Waals surface area (Å²) in [6.07, 6.45) is 3.96. The van der Waals surface area contributed by atoms with Crippen LogP contribution < -0.4 is 10.2 Å². The van der Waals surface area contributed by atoms with E-state index < -0.39 is 0 Å². The zero-order valence-corrected chi connectivity index (χ0v) is 11.1. The molecule has 1 fully saturated rings. The number of hydrogen-bond donors (Lipinski definition) is 1. The summed E-state index contributed by atoms with van der Waals surface area (Å²) in [6, 6.07) is 3.73. The second-order valence-corrected chi connectivity index (χ2v) is 4.69. The molecule has 19 heavy (non-hydrogen) atoms. The van der Waals surface area contributed by atoms with Gasteiger partial charge in [0.2, 0.25) is 17.2 Å². The van der Waals surface area contributed by atoms with Crippen molar-refractivity contribution >= 4 is 23.5 Å². The third-order valence-electron chi connectivity index (χ3n) is 2.99. The van der Waals surface area contributed by atoms with Crippen molar-refractivity contribution in [1.82, 2.24) is 15.0 Å². The van der Waals surface area contributed by atoms with Gasteiger partial charge in [-0.2, -0.15) is 15.0 Å². The topological polar surface area (TPSA) is 67.1 Å². The van der Waals surface area contributed by atoms with Crippen molar-refractivity contribution in [2.45, 2.75) is 19.4 Å². The molecule has 2 aromatic heterocycles. The highest BCUT2D eigenvalue weighted by Crippen LogP contribution is 2.18. The minimum atomic E-state index is 0.207. The Bertz CT molecular complexity index is 539. The van der Waals surface area contributed by atoms with E-state index in [1.54, 1.807) is 6.26 Å². The van der Waals surface area contributed by atoms with Gasteiger partial charge in [-0.1, -0.05) is 0 Å². The van der Waals surface area contributed by atoms with E-state index in [0.29, 0.717) is 18.4 Å². The Morgan fingerprint density at radius 2 is 2.11 bits per heavy atom. The van der Waals surface area contributed by atoms with E-state index in [2.05, 4.69) is 25.2 Å². The van der Waals surface area contributed by atoms with Gasteiger partial charge in [-0.3, -0.25) is 0 Å². The van der Waals surface area contributed by atoms with E-state index in [0.717, 1.165) is 18.8 Å². The van der Waals surface area contributed by atoms with Crippen molar-refractivity contribution in [3.63, 3.8) is 0 Å². The van der Waals surface area contributed by atoms with Gasteiger partial charge in [0.1, 0.15) is 5.76 Å². The molecule has 0 saturated carbocycles. The Labute approximate surface area is 115 Å². The summed E-state index contributed by atoms with van der Waals surface area (Å²) in [5, 5.41) is 3.29. The second kappa shape index (κ2) is 5.44. The van der Waals surface area contributed by atoms with Gasteiger partial charge >= 0.3 is 0 Å². The van der Waals surface area contributed by atoms with E-state index in [1.165, 1.54) is 12.8 Å². The molecule has 3 heterocycles. The van der Waals surface area contributed by atoms with Gasteiger partial charge in [0.15, 0.2) is 0 Å². The van der Waals surface area contributed by atoms with Gasteiger partial charge in [0.25, 0.3) is 0 Å². The van der Waals surface area contributed by atoms with E-state index in [4.69, 9.17) is 16.0 Å². The predicted molar refractivity (Wildman–Crippen MR) is 72.3 cm³/mol. The molecule has 1 aliphatic heterocycles. The first kappa shape index (κ1) is 12.2. The number of halogens is 1. The van der Waals surface area contributed by atoms with Gasteiger partial charge in [0.05, 0.1) is 12.8 Å². The summed E-state index contributed by atoms with van der Waals surface area (Å²) >= 11 is 5.94. The summed E-state index contributed by atoms with van der Waals surface area (Å²) in [4.78, 5) is 14.7. The molecule has 0 aromatic carbocycles. The highest BCUT2D eigenvalue weighted by Gasteiger charge is 2.16. The third kappa shape index (κ3) is 2.96. The van der Waals surface area contributed by atoms with Crippen LogP contribution in [0.25, 0.3) is 0 Å². The van der Waals surface area contributed by atoms with Crippen LogP contribution in [0.5, 0.6) is 0 Å². The minimum absolute atomic E-state index is 0.207. The maximum atomic E-state index is 5.94. The molecule has 3 rings (SSSR count). The number of nitrogens with one attached hydrogen (secondary N) is 1. The number of anilines is 2. The van der Waals surface area contributed by atoms with Crippen LogP contribution in [-0.2, 0) is 6.54 Å². The molecular weight excluding hydrogens is 266 g/mol. The molecule has 1 aliphatic rings. The Morgan fingerprint density at radius 1 is 1.26 bits per heavy atom. The fourth-order valence-electron chi connectivity index (χ4n) is 2.06. The van der Waals surface area contributed by atoms with Gasteiger partial charge in [-0.05, 0) is 36.6 Å². The number of furan rings is 1. The Morgan fingerprint density at radius 3 is 2.84 bits per heavy atom. The Kier molecular flexibility index (Phi) is 3.50. The largest absolute Gasteiger partial charge is 0.467 e. The smallest absolute Gasteiger partial charge is 0.231 e. The third-order valence-corrected chi connectivity index (χ3v) is 3.16. The monoisotopic (exact) mass is 279 g/mol. The van der Waals surface area contributed by atoms with Crippen molar-refractivity contribution in [3.05, 3.63) is 29.4 Å². The fourth-order valence-corrected chi connectivity index (χ4v) is 2.21. The molecule has 100 valence electrons. The summed E-state index contributed by atoms with van der Waals surface area (Å²) in [5.74, 6) is 1.93. The predicted octanol–water partition coefficient (Wildman–Crippen LogP) is 2.33. The van der Waals surface area contributed by atoms with E-state index in [9.17, 15) is 0 Å². The molecule has 2 aromatic rings. The van der Waals surface area contributed by atoms with Gasteiger partial charge < -0.3 is 14.6 Å². The van der Waals surface area contributed by atoms with Gasteiger partial charge in [-0.25, -0.2) is 0 Å². The van der Waals surface area contributed by atoms with Crippen LogP contribution in [0.15, 0.2) is 22.8 Å². The van der Waals surface area contributed by atoms with Crippen LogP contribution in [0, 0.1) is 0 Å². The van der Waals surface area contributed by atoms with Crippen LogP contribution in [0.3, 0.4) is 0 Å². The maximum Gasteiger partial charge on any atom is 0.231 e. The zero-order chi connectivity index (χ0) is 13.1. The summed E-state index contributed by atoms with van der Waals surface area (Å²) in [6.45, 7) is 2.46. The lowest BCUT2D eigenvalue weighted by atomic mass is 10.4. The quantitative estimate of drug-likeness (QED) is 0.926. The number of rotatable bonds is 4. The first-order chi connectivity index (χ1) is 9.31. The fraction of sp³-hybridized carbons (Fsp3) is 0.417. The van der Waals surface area contributed by atoms with E-state index in [1.807, 2.05) is 12.1 Å². The number of hydrogen-bond acceptors (Lipinski definition) is 6. The van der Waals surface area contributed by atoms with Crippen LogP contribution >= 0.6 is 11.6 Å². The van der Waals surface area contributed by atoms with Crippen LogP contribution in [0.2, 0.25) is 5.28 Å². The lowest BCUT2D eigenvalue weighted by Crippen LogP contribution is -2.21. The minimum Gasteiger partial charge on any atom is -0.467 e. The molecule has 1 saturated heterocycles. The number of aromatic nitrogens is 3. The lowest BCUT2D eigenvalue weighted by Gasteiger charge is -2.15. The van der Waals surface area contributed by atoms with Crippen molar-refractivity contribution in [2.24, 2.45) is 0 Å². The first-order valence-corrected chi connectivity index (χ1v) is 6.62. The van der Waals surface area contributed by atoms with Crippen molar-refractivity contribution < 1.29 is 4.42 Å². The molecule has 7 heteroatoms. The first-order valence-electron chi connectivity index (χ1n) is 6.24. The van der Waals surface area contributed by atoms with Crippen molar-refractivity contribution in [2.75, 3.05) is 23.3 Å². The van der Waals surface area contributed by atoms with Crippen LogP contribution in [0.1, 0.15) is 18.6 Å². The molecule has 1 N–H and O–H groups in total. The molecule has 0 aliphatic carbocycles. The standard InChI is InChI=1S/C12H14ClN5O/c13-10-15-11(14-8-9-4-3-7-19-9)17-12(16-10)18-5-1-2-6-18/h3-4,7H,1-2,5-6,8H2,(H,14,15,16,17). The molecular formula is C12H14ClN5O. The normalized spacial score (nSPS) is 14.9. The van der Waals surface area contributed by atoms with Gasteiger partial charge in [-0.15, -0.1) is 0 Å². The summed E-state index contributed by atoms with van der Waals surface area (Å²) < 4.78 is 5.24. The molecule has 0 atom stereocenters. The average Bonchev–Trinajstić information content (AvgIpc) is 3.09. The van der Waals surface area contributed by atoms with E-state index in [-0.39, 0.29) is 5.28 Å². The Balaban J connectivity index is 1.73. The summed E-state index contributed by atoms with van der Waals surface area (Å²) in [7, 11) is 0. The molecule has 6 nitrogen and oxygen atoms in total. The summed E-state index contributed by atoms with van der Waals surface area (Å²) in [5.41, 5.74) is 0. The van der Waals surface area contributed by atoms with Crippen LogP contribution in [-0.4, -0.2) is 28.0 Å². The average molecular weight is 280 g/mol. The SMILES string of the molecule is Clc1nc(NCc2ccco2)nc(N2CCCC2)n1. The Hall–Kier alpha value is -1.82. The number of nitrogens with zero attached hydrogens (tertiary/aromatic N) is 4. The highest BCUT2D eigenvalue weighted by atomic mass is 35.5. The second-order valence-electron chi connectivity index (χ2n) is 4.36. The van der Waals surface area contributed by atoms with Gasteiger partial charge in [0, 0.05) is 13.1 Å². The maximum absolute atomic E-state index is 5.94. The molecule has 0 radical (unpaired) electrons. The zero-order valence-electron chi connectivity index (χ0n) is 10.3.